The molecule has 0 aliphatic rings. The summed E-state index contributed by atoms with van der Waals surface area (Å²) in [6.07, 6.45) is 9.10. The normalized spacial score (nSPS) is 14.3. The standard InChI is InChI=1S/C45H49N5O/c1-43(2,3)26-31-11-10-12-34(21-31)48-19-20-49(30-48)35-24-37(29-46-28-35)51-36-14-15-38-39-23-33(45(7,8)9)13-16-40(39)50(41(38)25-36)42-22-32(17-18-47-42)27-44(4,5)6/h10-25,28-29H,26-27H2,1-9H3/i26D2,27D2. The third-order valence-electron chi connectivity index (χ3n) is 8.53. The fourth-order valence-corrected chi connectivity index (χ4v) is 6.33. The first-order chi connectivity index (χ1) is 25.6. The fourth-order valence-electron chi connectivity index (χ4n) is 6.33. The molecular formula is C45H49N5O. The summed E-state index contributed by atoms with van der Waals surface area (Å²) in [7, 11) is 0. The molecule has 6 heteroatoms. The van der Waals surface area contributed by atoms with E-state index >= 15 is 0 Å². The van der Waals surface area contributed by atoms with Gasteiger partial charge in [-0.1, -0.05) is 86.1 Å². The third-order valence-corrected chi connectivity index (χ3v) is 8.53. The predicted molar refractivity (Wildman–Crippen MR) is 208 cm³/mol. The Bertz CT molecular complexity index is 2550. The first-order valence-electron chi connectivity index (χ1n) is 19.5. The molecule has 0 radical (unpaired) electrons. The highest BCUT2D eigenvalue weighted by Crippen LogP contribution is 2.37. The Hall–Kier alpha value is -5.23. The molecule has 0 amide bonds. The molecule has 0 aliphatic carbocycles. The van der Waals surface area contributed by atoms with E-state index in [-0.39, 0.29) is 5.41 Å². The van der Waals surface area contributed by atoms with E-state index < -0.39 is 23.6 Å². The van der Waals surface area contributed by atoms with Gasteiger partial charge in [-0.3, -0.25) is 18.7 Å². The molecule has 7 aromatic rings. The zero-order chi connectivity index (χ0) is 39.7. The van der Waals surface area contributed by atoms with Crippen molar-refractivity contribution in [2.24, 2.45) is 10.8 Å². The molecule has 0 saturated heterocycles. The van der Waals surface area contributed by atoms with E-state index in [0.717, 1.165) is 33.2 Å². The van der Waals surface area contributed by atoms with Crippen molar-refractivity contribution in [3.8, 4) is 28.7 Å². The maximum Gasteiger partial charge on any atom is 0.268 e. The Morgan fingerprint density at radius 1 is 0.745 bits per heavy atom. The second-order valence-corrected chi connectivity index (χ2v) is 16.3. The summed E-state index contributed by atoms with van der Waals surface area (Å²) in [4.78, 5) is 9.26. The smallest absolute Gasteiger partial charge is 0.268 e. The lowest BCUT2D eigenvalue weighted by Crippen LogP contribution is -2.28. The molecule has 7 rings (SSSR count). The van der Waals surface area contributed by atoms with Gasteiger partial charge in [0, 0.05) is 47.1 Å². The van der Waals surface area contributed by atoms with Crippen molar-refractivity contribution in [2.75, 3.05) is 0 Å². The maximum atomic E-state index is 8.98. The van der Waals surface area contributed by atoms with E-state index in [9.17, 15) is 0 Å². The minimum absolute atomic E-state index is 0.0485. The third kappa shape index (κ3) is 7.61. The number of rotatable bonds is 7. The van der Waals surface area contributed by atoms with Gasteiger partial charge in [0.1, 0.15) is 17.3 Å². The van der Waals surface area contributed by atoms with Crippen LogP contribution in [0.3, 0.4) is 0 Å². The first kappa shape index (κ1) is 29.5. The molecule has 51 heavy (non-hydrogen) atoms. The Balaban J connectivity index is 1.26. The molecule has 4 heterocycles. The number of aromatic nitrogens is 5. The molecular weight excluding hydrogens is 627 g/mol. The van der Waals surface area contributed by atoms with Crippen LogP contribution in [0.15, 0.2) is 110 Å². The zero-order valence-electron chi connectivity index (χ0n) is 35.0. The van der Waals surface area contributed by atoms with E-state index in [2.05, 4.69) is 60.9 Å². The highest BCUT2D eigenvalue weighted by molar-refractivity contribution is 6.09. The molecule has 0 unspecified atom stereocenters. The van der Waals surface area contributed by atoms with Crippen LogP contribution >= 0.6 is 0 Å². The molecule has 0 N–H and O–H groups in total. The fraction of sp³-hybridized carbons (Fsp3) is 0.311. The minimum atomic E-state index is -1.59. The molecule has 0 spiro atoms. The van der Waals surface area contributed by atoms with Crippen LogP contribution in [-0.2, 0) is 18.2 Å². The Morgan fingerprint density at radius 3 is 2.25 bits per heavy atom. The van der Waals surface area contributed by atoms with Crippen LogP contribution in [0.2, 0.25) is 0 Å². The monoisotopic (exact) mass is 679 g/mol. The second-order valence-electron chi connectivity index (χ2n) is 16.3. The number of nitrogens with zero attached hydrogens (tertiary/aromatic N) is 5. The van der Waals surface area contributed by atoms with E-state index in [1.807, 2.05) is 112 Å². The molecule has 260 valence electrons. The lowest BCUT2D eigenvalue weighted by atomic mass is 9.86. The number of pyridine rings is 2. The van der Waals surface area contributed by atoms with E-state index in [4.69, 9.17) is 15.2 Å². The van der Waals surface area contributed by atoms with Crippen molar-refractivity contribution in [2.45, 2.75) is 80.5 Å². The summed E-state index contributed by atoms with van der Waals surface area (Å²) in [5.74, 6) is 1.79. The van der Waals surface area contributed by atoms with Crippen LogP contribution in [0, 0.1) is 17.2 Å². The van der Waals surface area contributed by atoms with Gasteiger partial charge in [-0.05, 0) is 94.7 Å². The molecule has 0 aliphatic heterocycles. The van der Waals surface area contributed by atoms with E-state index in [1.54, 1.807) is 24.7 Å². The number of hydrogen-bond acceptors (Lipinski definition) is 3. The Kier molecular flexibility index (Phi) is 7.42. The molecule has 0 bridgehead atoms. The highest BCUT2D eigenvalue weighted by atomic mass is 16.5. The quantitative estimate of drug-likeness (QED) is 0.124. The first-order valence-corrected chi connectivity index (χ1v) is 17.5. The van der Waals surface area contributed by atoms with Gasteiger partial charge in [-0.25, -0.2) is 4.98 Å². The van der Waals surface area contributed by atoms with Crippen molar-refractivity contribution in [1.29, 1.82) is 0 Å². The lowest BCUT2D eigenvalue weighted by Gasteiger charge is -2.19. The molecule has 0 fully saturated rings. The van der Waals surface area contributed by atoms with Gasteiger partial charge in [-0.15, -0.1) is 0 Å². The van der Waals surface area contributed by atoms with Gasteiger partial charge in [0.25, 0.3) is 6.33 Å². The summed E-state index contributed by atoms with van der Waals surface area (Å²) in [5.41, 5.74) is 4.58. The molecule has 0 saturated carbocycles. The average molecular weight is 680 g/mol. The summed E-state index contributed by atoms with van der Waals surface area (Å²) in [6, 6.07) is 25.6. The minimum Gasteiger partial charge on any atom is -0.456 e. The number of imidazole rings is 1. The Morgan fingerprint density at radius 2 is 1.51 bits per heavy atom. The average Bonchev–Trinajstić information content (AvgIpc) is 3.74. The van der Waals surface area contributed by atoms with Crippen LogP contribution in [-0.4, -0.2) is 19.1 Å². The number of benzene rings is 3. The molecule has 3 aromatic carbocycles. The van der Waals surface area contributed by atoms with Crippen LogP contribution in [0.5, 0.6) is 11.5 Å². The van der Waals surface area contributed by atoms with Gasteiger partial charge in [-0.2, -0.15) is 0 Å². The lowest BCUT2D eigenvalue weighted by molar-refractivity contribution is -0.599. The highest BCUT2D eigenvalue weighted by Gasteiger charge is 2.20. The Labute approximate surface area is 308 Å². The summed E-state index contributed by atoms with van der Waals surface area (Å²) in [6.45, 7) is 18.1. The van der Waals surface area contributed by atoms with Gasteiger partial charge >= 0.3 is 0 Å². The van der Waals surface area contributed by atoms with Crippen LogP contribution < -0.4 is 9.30 Å². The van der Waals surface area contributed by atoms with E-state index in [0.29, 0.717) is 28.4 Å². The summed E-state index contributed by atoms with van der Waals surface area (Å²) >= 11 is 0. The topological polar surface area (TPSA) is 48.8 Å². The molecule has 6 nitrogen and oxygen atoms in total. The van der Waals surface area contributed by atoms with Gasteiger partial charge in [0.15, 0.2) is 0 Å². The zero-order valence-corrected chi connectivity index (χ0v) is 31.0. The SMILES string of the molecule is [2H]C([2H])(c1cccc(-[n+]2[c-]n(-c3cncc(Oc4ccc5c6cc(C(C)(C)C)ccc6n(-c6cc(C([2H])([2H])C(C)(C)C)ccn6)c5c4)c3)cc2)c1)C(C)(C)C. The van der Waals surface area contributed by atoms with E-state index in [1.165, 1.54) is 5.56 Å². The van der Waals surface area contributed by atoms with Gasteiger partial charge < -0.3 is 4.74 Å². The molecule has 0 atom stereocenters. The largest absolute Gasteiger partial charge is 0.456 e. The maximum absolute atomic E-state index is 8.98. The van der Waals surface area contributed by atoms with Crippen molar-refractivity contribution < 1.29 is 14.8 Å². The van der Waals surface area contributed by atoms with Crippen molar-refractivity contribution in [3.05, 3.63) is 133 Å². The van der Waals surface area contributed by atoms with Crippen molar-refractivity contribution in [1.82, 2.24) is 19.1 Å². The van der Waals surface area contributed by atoms with Crippen LogP contribution in [0.4, 0.5) is 0 Å². The summed E-state index contributed by atoms with van der Waals surface area (Å²) in [5, 5.41) is 2.12. The summed E-state index contributed by atoms with van der Waals surface area (Å²) < 4.78 is 47.7. The van der Waals surface area contributed by atoms with Crippen LogP contribution in [0.25, 0.3) is 39.0 Å². The van der Waals surface area contributed by atoms with Crippen molar-refractivity contribution in [3.63, 3.8) is 0 Å². The van der Waals surface area contributed by atoms with Crippen molar-refractivity contribution >= 4 is 21.8 Å². The second kappa shape index (κ2) is 12.8. The number of hydrogen-bond donors (Lipinski definition) is 0. The van der Waals surface area contributed by atoms with Crippen LogP contribution in [0.1, 0.15) is 84.5 Å². The van der Waals surface area contributed by atoms with Gasteiger partial charge in [0.05, 0.1) is 28.6 Å². The predicted octanol–water partition coefficient (Wildman–Crippen LogP) is 10.7. The number of ether oxygens (including phenoxy) is 1. The van der Waals surface area contributed by atoms with Gasteiger partial charge in [0.2, 0.25) is 0 Å². The number of fused-ring (bicyclic) bond motifs is 3. The molecule has 4 aromatic heterocycles.